The Balaban J connectivity index is 1.96. The summed E-state index contributed by atoms with van der Waals surface area (Å²) in [5.41, 5.74) is 0.0475. The highest BCUT2D eigenvalue weighted by molar-refractivity contribution is 5.60. The number of rotatable bonds is 5. The van der Waals surface area contributed by atoms with Crippen LogP contribution in [0.3, 0.4) is 0 Å². The van der Waals surface area contributed by atoms with Crippen molar-refractivity contribution >= 4 is 11.6 Å². The third kappa shape index (κ3) is 4.25. The number of halogens is 4. The molecule has 0 spiro atoms. The number of benzene rings is 1. The van der Waals surface area contributed by atoms with Crippen LogP contribution in [0.25, 0.3) is 11.4 Å². The fraction of sp³-hybridized carbons (Fsp3) is 0.222. The first kappa shape index (κ1) is 19.3. The Bertz CT molecular complexity index is 1040. The number of hydrogen-bond donors (Lipinski definition) is 1. The molecule has 1 N–H and O–H groups in total. The van der Waals surface area contributed by atoms with E-state index in [1.54, 1.807) is 25.3 Å². The van der Waals surface area contributed by atoms with E-state index in [2.05, 4.69) is 20.4 Å². The summed E-state index contributed by atoms with van der Waals surface area (Å²) in [7, 11) is 0. The first-order valence-corrected chi connectivity index (χ1v) is 8.16. The molecule has 0 radical (unpaired) electrons. The predicted octanol–water partition coefficient (Wildman–Crippen LogP) is 4.46. The monoisotopic (exact) mass is 390 g/mol. The number of aryl methyl sites for hydroxylation is 2. The number of nitrogens with zero attached hydrogens (tertiary/aromatic N) is 5. The van der Waals surface area contributed by atoms with Crippen LogP contribution in [0.2, 0.25) is 0 Å². The second-order valence-electron chi connectivity index (χ2n) is 5.89. The molecule has 0 saturated heterocycles. The van der Waals surface area contributed by atoms with Crippen LogP contribution in [-0.4, -0.2) is 19.7 Å². The van der Waals surface area contributed by atoms with Crippen molar-refractivity contribution in [2.45, 2.75) is 26.1 Å². The lowest BCUT2D eigenvalue weighted by Crippen LogP contribution is -2.09. The number of aromatic nitrogens is 4. The molecule has 6 nitrogen and oxygen atoms in total. The lowest BCUT2D eigenvalue weighted by atomic mass is 10.2. The van der Waals surface area contributed by atoms with E-state index in [0.29, 0.717) is 17.5 Å². The summed E-state index contributed by atoms with van der Waals surface area (Å²) in [5.74, 6) is -0.901. The van der Waals surface area contributed by atoms with Crippen molar-refractivity contribution in [3.05, 3.63) is 53.6 Å². The van der Waals surface area contributed by atoms with Crippen LogP contribution in [0, 0.1) is 24.1 Å². The lowest BCUT2D eigenvalue weighted by Gasteiger charge is -2.10. The van der Waals surface area contributed by atoms with Crippen molar-refractivity contribution in [3.63, 3.8) is 0 Å². The zero-order valence-electron chi connectivity index (χ0n) is 14.6. The third-order valence-corrected chi connectivity index (χ3v) is 3.79. The van der Waals surface area contributed by atoms with Gasteiger partial charge >= 0.3 is 6.18 Å². The number of anilines is 2. The number of alkyl halides is 3. The van der Waals surface area contributed by atoms with Gasteiger partial charge in [0, 0.05) is 23.1 Å². The average Bonchev–Trinajstić information content (AvgIpc) is 3.03. The van der Waals surface area contributed by atoms with Crippen molar-refractivity contribution in [2.75, 3.05) is 5.32 Å². The van der Waals surface area contributed by atoms with Crippen molar-refractivity contribution in [2.24, 2.45) is 0 Å². The van der Waals surface area contributed by atoms with Crippen LogP contribution in [0.1, 0.15) is 17.7 Å². The quantitative estimate of drug-likeness (QED) is 0.651. The van der Waals surface area contributed by atoms with Crippen molar-refractivity contribution in [1.82, 2.24) is 19.7 Å². The maximum atomic E-state index is 13.5. The van der Waals surface area contributed by atoms with Crippen molar-refractivity contribution in [1.29, 1.82) is 5.26 Å². The average molecular weight is 390 g/mol. The highest BCUT2D eigenvalue weighted by Crippen LogP contribution is 2.33. The molecule has 0 bridgehead atoms. The highest BCUT2D eigenvalue weighted by atomic mass is 19.4. The maximum Gasteiger partial charge on any atom is 0.419 e. The van der Waals surface area contributed by atoms with Crippen LogP contribution in [0.4, 0.5) is 29.2 Å². The molecule has 0 aliphatic rings. The minimum atomic E-state index is -4.82. The van der Waals surface area contributed by atoms with Crippen LogP contribution in [0.5, 0.6) is 0 Å². The summed E-state index contributed by atoms with van der Waals surface area (Å²) in [5, 5.41) is 15.7. The number of nitriles is 1. The minimum Gasteiger partial charge on any atom is -0.323 e. The third-order valence-electron chi connectivity index (χ3n) is 3.79. The van der Waals surface area contributed by atoms with Crippen LogP contribution >= 0.6 is 0 Å². The minimum absolute atomic E-state index is 0.0105. The fourth-order valence-corrected chi connectivity index (χ4v) is 2.55. The molecule has 2 aromatic heterocycles. The summed E-state index contributed by atoms with van der Waals surface area (Å²) < 4.78 is 53.6. The SMILES string of the molecule is Cc1cc(-c2nc(Nc3ccc(F)c(C(F)(F)F)c3)nn2CCC#N)ccn1. The van der Waals surface area contributed by atoms with Gasteiger partial charge < -0.3 is 5.32 Å². The van der Waals surface area contributed by atoms with Gasteiger partial charge in [-0.25, -0.2) is 9.07 Å². The van der Waals surface area contributed by atoms with Crippen molar-refractivity contribution < 1.29 is 17.6 Å². The van der Waals surface area contributed by atoms with E-state index in [0.717, 1.165) is 17.8 Å². The molecular formula is C18H14F4N6. The molecule has 3 aromatic rings. The first-order chi connectivity index (χ1) is 13.3. The van der Waals surface area contributed by atoms with Gasteiger partial charge in [0.1, 0.15) is 5.82 Å². The van der Waals surface area contributed by atoms with Gasteiger partial charge in [0.25, 0.3) is 0 Å². The summed E-state index contributed by atoms with van der Waals surface area (Å²) in [6.45, 7) is 2.05. The van der Waals surface area contributed by atoms with Gasteiger partial charge in [-0.15, -0.1) is 5.10 Å². The molecule has 0 aliphatic heterocycles. The summed E-state index contributed by atoms with van der Waals surface area (Å²) in [6.07, 6.45) is -3.05. The van der Waals surface area contributed by atoms with Gasteiger partial charge in [-0.3, -0.25) is 4.98 Å². The molecule has 0 atom stereocenters. The Morgan fingerprint density at radius 1 is 1.21 bits per heavy atom. The van der Waals surface area contributed by atoms with E-state index >= 15 is 0 Å². The summed E-state index contributed by atoms with van der Waals surface area (Å²) >= 11 is 0. The Labute approximate surface area is 157 Å². The molecule has 0 aliphatic carbocycles. The molecule has 3 rings (SSSR count). The Morgan fingerprint density at radius 2 is 2.00 bits per heavy atom. The second-order valence-corrected chi connectivity index (χ2v) is 5.89. The van der Waals surface area contributed by atoms with E-state index in [4.69, 9.17) is 5.26 Å². The standard InChI is InChI=1S/C18H14F4N6/c1-11-9-12(5-7-24-11)16-26-17(27-28(16)8-2-6-23)25-13-3-4-15(19)14(10-13)18(20,21)22/h3-5,7,9-10H,2,8H2,1H3,(H,25,27). The van der Waals surface area contributed by atoms with Gasteiger partial charge in [-0.05, 0) is 37.3 Å². The topological polar surface area (TPSA) is 79.4 Å². The Kier molecular flexibility index (Phi) is 5.26. The smallest absolute Gasteiger partial charge is 0.323 e. The number of pyridine rings is 1. The maximum absolute atomic E-state index is 13.5. The number of nitrogens with one attached hydrogen (secondary N) is 1. The number of hydrogen-bond acceptors (Lipinski definition) is 5. The Morgan fingerprint density at radius 3 is 2.68 bits per heavy atom. The largest absolute Gasteiger partial charge is 0.419 e. The Hall–Kier alpha value is -3.48. The molecule has 28 heavy (non-hydrogen) atoms. The zero-order valence-corrected chi connectivity index (χ0v) is 14.6. The van der Waals surface area contributed by atoms with Crippen molar-refractivity contribution in [3.8, 4) is 17.5 Å². The molecule has 0 fully saturated rings. The first-order valence-electron chi connectivity index (χ1n) is 8.16. The lowest BCUT2D eigenvalue weighted by molar-refractivity contribution is -0.139. The van der Waals surface area contributed by atoms with Gasteiger partial charge in [-0.2, -0.15) is 23.4 Å². The zero-order chi connectivity index (χ0) is 20.3. The van der Waals surface area contributed by atoms with Crippen LogP contribution in [-0.2, 0) is 12.7 Å². The van der Waals surface area contributed by atoms with E-state index in [1.807, 2.05) is 6.07 Å². The molecule has 2 heterocycles. The van der Waals surface area contributed by atoms with E-state index < -0.39 is 17.6 Å². The molecule has 0 amide bonds. The molecule has 0 saturated carbocycles. The summed E-state index contributed by atoms with van der Waals surface area (Å²) in [6, 6.07) is 8.04. The molecular weight excluding hydrogens is 376 g/mol. The van der Waals surface area contributed by atoms with Gasteiger partial charge in [0.2, 0.25) is 5.95 Å². The molecule has 1 aromatic carbocycles. The fourth-order valence-electron chi connectivity index (χ4n) is 2.55. The van der Waals surface area contributed by atoms with E-state index in [9.17, 15) is 17.6 Å². The predicted molar refractivity (Wildman–Crippen MR) is 92.9 cm³/mol. The van der Waals surface area contributed by atoms with Crippen LogP contribution in [0.15, 0.2) is 36.5 Å². The second kappa shape index (κ2) is 7.64. The molecule has 0 unspecified atom stereocenters. The molecule has 10 heteroatoms. The van der Waals surface area contributed by atoms with E-state index in [-0.39, 0.29) is 24.6 Å². The van der Waals surface area contributed by atoms with E-state index in [1.165, 1.54) is 4.68 Å². The molecule has 144 valence electrons. The van der Waals surface area contributed by atoms with Gasteiger partial charge in [-0.1, -0.05) is 0 Å². The normalized spacial score (nSPS) is 11.3. The summed E-state index contributed by atoms with van der Waals surface area (Å²) in [4.78, 5) is 8.42. The van der Waals surface area contributed by atoms with Gasteiger partial charge in [0.15, 0.2) is 5.82 Å². The van der Waals surface area contributed by atoms with Gasteiger partial charge in [0.05, 0.1) is 24.6 Å². The van der Waals surface area contributed by atoms with Crippen LogP contribution < -0.4 is 5.32 Å². The highest BCUT2D eigenvalue weighted by Gasteiger charge is 2.34.